The Morgan fingerprint density at radius 2 is 2.36 bits per heavy atom. The summed E-state index contributed by atoms with van der Waals surface area (Å²) in [6.07, 6.45) is 1.32. The van der Waals surface area contributed by atoms with E-state index in [4.69, 9.17) is 5.11 Å². The van der Waals surface area contributed by atoms with Crippen molar-refractivity contribution in [3.63, 3.8) is 0 Å². The summed E-state index contributed by atoms with van der Waals surface area (Å²) in [5, 5.41) is 22.0. The molecule has 72 valence electrons. The number of carboxylic acid groups (broad SMARTS) is 1. The third-order valence-electron chi connectivity index (χ3n) is 1.67. The Bertz CT molecular complexity index is 472. The second kappa shape index (κ2) is 2.91. The van der Waals surface area contributed by atoms with E-state index in [1.54, 1.807) is 7.05 Å². The topological polar surface area (TPSA) is 110 Å². The molecule has 14 heavy (non-hydrogen) atoms. The van der Waals surface area contributed by atoms with Gasteiger partial charge in [0.25, 0.3) is 0 Å². The van der Waals surface area contributed by atoms with E-state index < -0.39 is 5.97 Å². The number of aromatic amines is 1. The lowest BCUT2D eigenvalue weighted by Crippen LogP contribution is -2.02. The first-order chi connectivity index (χ1) is 6.70. The summed E-state index contributed by atoms with van der Waals surface area (Å²) < 4.78 is 1.42. The van der Waals surface area contributed by atoms with Gasteiger partial charge in [-0.2, -0.15) is 15.4 Å². The highest BCUT2D eigenvalue weighted by atomic mass is 16.4. The van der Waals surface area contributed by atoms with Gasteiger partial charge in [0.15, 0.2) is 11.5 Å². The summed E-state index contributed by atoms with van der Waals surface area (Å²) >= 11 is 0. The maximum absolute atomic E-state index is 10.7. The number of carboxylic acids is 1. The lowest BCUT2D eigenvalue weighted by atomic mass is 10.3. The number of H-pyrrole nitrogens is 1. The predicted molar refractivity (Wildman–Crippen MR) is 43.3 cm³/mol. The fraction of sp³-hybridized carbons (Fsp3) is 0.167. The molecular formula is C6H6N6O2. The van der Waals surface area contributed by atoms with Crippen molar-refractivity contribution in [2.45, 2.75) is 0 Å². The molecule has 0 saturated heterocycles. The maximum atomic E-state index is 10.7. The molecule has 2 aromatic rings. The SMILES string of the molecule is Cn1ncnc1-c1n[nH]nc1C(=O)O. The normalized spacial score (nSPS) is 10.4. The summed E-state index contributed by atoms with van der Waals surface area (Å²) in [5.74, 6) is -0.798. The highest BCUT2D eigenvalue weighted by Gasteiger charge is 2.19. The van der Waals surface area contributed by atoms with Gasteiger partial charge in [0.1, 0.15) is 6.33 Å². The number of rotatable bonds is 2. The maximum Gasteiger partial charge on any atom is 0.358 e. The molecule has 2 aromatic heterocycles. The average molecular weight is 194 g/mol. The van der Waals surface area contributed by atoms with Crippen molar-refractivity contribution >= 4 is 5.97 Å². The molecule has 2 heterocycles. The fourth-order valence-corrected chi connectivity index (χ4v) is 1.05. The van der Waals surface area contributed by atoms with Gasteiger partial charge >= 0.3 is 5.97 Å². The van der Waals surface area contributed by atoms with Gasteiger partial charge in [-0.3, -0.25) is 0 Å². The molecule has 0 aromatic carbocycles. The molecule has 0 radical (unpaired) electrons. The van der Waals surface area contributed by atoms with Crippen LogP contribution < -0.4 is 0 Å². The van der Waals surface area contributed by atoms with Crippen molar-refractivity contribution in [1.82, 2.24) is 30.2 Å². The predicted octanol–water partition coefficient (Wildman–Crippen LogP) is -0.702. The molecule has 2 rings (SSSR count). The Morgan fingerprint density at radius 1 is 1.57 bits per heavy atom. The number of aryl methyl sites for hydroxylation is 1. The smallest absolute Gasteiger partial charge is 0.358 e. The lowest BCUT2D eigenvalue weighted by Gasteiger charge is -1.94. The molecule has 8 nitrogen and oxygen atoms in total. The average Bonchev–Trinajstić information content (AvgIpc) is 2.70. The van der Waals surface area contributed by atoms with Crippen LogP contribution in [0.15, 0.2) is 6.33 Å². The van der Waals surface area contributed by atoms with Crippen LogP contribution in [-0.4, -0.2) is 41.3 Å². The summed E-state index contributed by atoms with van der Waals surface area (Å²) in [6.45, 7) is 0. The van der Waals surface area contributed by atoms with Crippen molar-refractivity contribution in [2.75, 3.05) is 0 Å². The highest BCUT2D eigenvalue weighted by molar-refractivity contribution is 5.91. The zero-order valence-electron chi connectivity index (χ0n) is 7.17. The van der Waals surface area contributed by atoms with Gasteiger partial charge < -0.3 is 5.11 Å². The third-order valence-corrected chi connectivity index (χ3v) is 1.67. The number of hydrogen-bond acceptors (Lipinski definition) is 5. The van der Waals surface area contributed by atoms with E-state index in [9.17, 15) is 4.79 Å². The van der Waals surface area contributed by atoms with E-state index in [-0.39, 0.29) is 11.4 Å². The van der Waals surface area contributed by atoms with Crippen LogP contribution in [0.4, 0.5) is 0 Å². The van der Waals surface area contributed by atoms with Crippen molar-refractivity contribution in [3.05, 3.63) is 12.0 Å². The Hall–Kier alpha value is -2.25. The number of aromatic nitrogens is 6. The molecule has 0 spiro atoms. The minimum Gasteiger partial charge on any atom is -0.476 e. The largest absolute Gasteiger partial charge is 0.476 e. The van der Waals surface area contributed by atoms with Gasteiger partial charge in [-0.15, -0.1) is 5.10 Å². The number of carbonyl (C=O) groups is 1. The summed E-state index contributed by atoms with van der Waals surface area (Å²) in [6, 6.07) is 0. The second-order valence-electron chi connectivity index (χ2n) is 2.53. The molecular weight excluding hydrogens is 188 g/mol. The molecule has 8 heteroatoms. The third kappa shape index (κ3) is 1.13. The Labute approximate surface area is 77.6 Å². The van der Waals surface area contributed by atoms with Crippen molar-refractivity contribution in [3.8, 4) is 11.5 Å². The summed E-state index contributed by atoms with van der Waals surface area (Å²) in [4.78, 5) is 14.6. The van der Waals surface area contributed by atoms with E-state index in [1.807, 2.05) is 0 Å². The highest BCUT2D eigenvalue weighted by Crippen LogP contribution is 2.14. The number of nitrogens with one attached hydrogen (secondary N) is 1. The van der Waals surface area contributed by atoms with E-state index in [0.717, 1.165) is 0 Å². The van der Waals surface area contributed by atoms with Gasteiger partial charge in [-0.25, -0.2) is 14.5 Å². The minimum atomic E-state index is -1.16. The lowest BCUT2D eigenvalue weighted by molar-refractivity contribution is 0.0691. The van der Waals surface area contributed by atoms with Crippen LogP contribution in [-0.2, 0) is 7.05 Å². The monoisotopic (exact) mass is 194 g/mol. The quantitative estimate of drug-likeness (QED) is 0.654. The van der Waals surface area contributed by atoms with Crippen molar-refractivity contribution in [1.29, 1.82) is 0 Å². The molecule has 0 amide bonds. The van der Waals surface area contributed by atoms with Crippen LogP contribution in [0, 0.1) is 0 Å². The van der Waals surface area contributed by atoms with Crippen LogP contribution in [0.1, 0.15) is 10.5 Å². The van der Waals surface area contributed by atoms with Gasteiger partial charge in [0.05, 0.1) is 0 Å². The van der Waals surface area contributed by atoms with Crippen LogP contribution in [0.3, 0.4) is 0 Å². The van der Waals surface area contributed by atoms with Crippen LogP contribution in [0.2, 0.25) is 0 Å². The Kier molecular flexibility index (Phi) is 1.73. The minimum absolute atomic E-state index is 0.166. The molecule has 0 unspecified atom stereocenters. The zero-order chi connectivity index (χ0) is 10.1. The van der Waals surface area contributed by atoms with Crippen LogP contribution >= 0.6 is 0 Å². The Balaban J connectivity index is 2.57. The number of nitrogens with zero attached hydrogens (tertiary/aromatic N) is 5. The van der Waals surface area contributed by atoms with Crippen molar-refractivity contribution in [2.24, 2.45) is 7.05 Å². The van der Waals surface area contributed by atoms with E-state index in [1.165, 1.54) is 11.0 Å². The van der Waals surface area contributed by atoms with Gasteiger partial charge in [-0.1, -0.05) is 0 Å². The zero-order valence-corrected chi connectivity index (χ0v) is 7.17. The van der Waals surface area contributed by atoms with Gasteiger partial charge in [-0.05, 0) is 0 Å². The molecule has 0 atom stereocenters. The van der Waals surface area contributed by atoms with Crippen LogP contribution in [0.5, 0.6) is 0 Å². The molecule has 0 aliphatic heterocycles. The molecule has 0 bridgehead atoms. The number of aromatic carboxylic acids is 1. The summed E-state index contributed by atoms with van der Waals surface area (Å²) in [5.41, 5.74) is 0.0126. The van der Waals surface area contributed by atoms with Gasteiger partial charge in [0, 0.05) is 7.05 Å². The molecule has 0 fully saturated rings. The first-order valence-electron chi connectivity index (χ1n) is 3.68. The first kappa shape index (κ1) is 8.35. The van der Waals surface area contributed by atoms with Crippen LogP contribution in [0.25, 0.3) is 11.5 Å². The molecule has 0 aliphatic carbocycles. The molecule has 0 saturated carbocycles. The van der Waals surface area contributed by atoms with E-state index in [0.29, 0.717) is 5.82 Å². The van der Waals surface area contributed by atoms with E-state index >= 15 is 0 Å². The Morgan fingerprint density at radius 3 is 2.93 bits per heavy atom. The van der Waals surface area contributed by atoms with E-state index in [2.05, 4.69) is 25.5 Å². The second-order valence-corrected chi connectivity index (χ2v) is 2.53. The molecule has 2 N–H and O–H groups in total. The first-order valence-corrected chi connectivity index (χ1v) is 3.68. The molecule has 0 aliphatic rings. The van der Waals surface area contributed by atoms with Crippen molar-refractivity contribution < 1.29 is 9.90 Å². The van der Waals surface area contributed by atoms with Gasteiger partial charge in [0.2, 0.25) is 5.69 Å². The number of hydrogen-bond donors (Lipinski definition) is 2. The standard InChI is InChI=1S/C6H6N6O2/c1-12-5(7-2-8-12)3-4(6(13)14)10-11-9-3/h2H,1H3,(H,13,14)(H,9,10,11). The summed E-state index contributed by atoms with van der Waals surface area (Å²) in [7, 11) is 1.64. The fourth-order valence-electron chi connectivity index (χ4n) is 1.05.